The van der Waals surface area contributed by atoms with Gasteiger partial charge in [0.2, 0.25) is 0 Å². The molecule has 0 aromatic heterocycles. The molecule has 0 atom stereocenters. The van der Waals surface area contributed by atoms with Crippen molar-refractivity contribution in [1.82, 2.24) is 0 Å². The molecule has 0 spiro atoms. The molecule has 0 bridgehead atoms. The maximum absolute atomic E-state index is 11.8. The Morgan fingerprint density at radius 2 is 1.80 bits per heavy atom. The van der Waals surface area contributed by atoms with Crippen molar-refractivity contribution >= 4 is 11.6 Å². The van der Waals surface area contributed by atoms with Crippen LogP contribution in [0.3, 0.4) is 0 Å². The molecule has 0 heterocycles. The fraction of sp³-hybridized carbons (Fsp3) is 0.500. The first-order chi connectivity index (χ1) is 4.39. The third-order valence-electron chi connectivity index (χ3n) is 0.601. The van der Waals surface area contributed by atoms with E-state index < -0.39 is 17.2 Å². The van der Waals surface area contributed by atoms with Gasteiger partial charge in [-0.15, -0.1) is 0 Å². The van der Waals surface area contributed by atoms with Crippen molar-refractivity contribution in [1.29, 1.82) is 0 Å². The minimum absolute atomic E-state index is 0.753. The molecule has 0 aliphatic heterocycles. The smallest absolute Gasteiger partial charge is 0.432 e. The van der Waals surface area contributed by atoms with Crippen molar-refractivity contribution in [2.45, 2.75) is 6.18 Å². The van der Waals surface area contributed by atoms with E-state index in [9.17, 15) is 17.6 Å². The Labute approximate surface area is 59.2 Å². The van der Waals surface area contributed by atoms with Gasteiger partial charge >= 0.3 is 6.18 Å². The van der Waals surface area contributed by atoms with Gasteiger partial charge in [0, 0.05) is 0 Å². The Hall–Kier alpha value is -0.450. The molecule has 0 fully saturated rings. The van der Waals surface area contributed by atoms with Crippen LogP contribution in [0.2, 0.25) is 0 Å². The number of hydrogen-bond donors (Lipinski definition) is 0. The lowest BCUT2D eigenvalue weighted by molar-refractivity contribution is -0.0895. The average Bonchev–Trinajstić information content (AvgIpc) is 1.83. The van der Waals surface area contributed by atoms with Crippen molar-refractivity contribution in [3.8, 4) is 0 Å². The maximum Gasteiger partial charge on any atom is 0.432 e. The van der Waals surface area contributed by atoms with Gasteiger partial charge in [0.1, 0.15) is 0 Å². The van der Waals surface area contributed by atoms with Crippen molar-refractivity contribution in [3.63, 3.8) is 0 Å². The minimum atomic E-state index is -4.87. The fourth-order valence-electron chi connectivity index (χ4n) is 0.201. The number of halogens is 5. The van der Waals surface area contributed by atoms with E-state index in [0.29, 0.717) is 0 Å². The third-order valence-corrected chi connectivity index (χ3v) is 0.964. The Kier molecular flexibility index (Phi) is 2.96. The van der Waals surface area contributed by atoms with Crippen molar-refractivity contribution in [2.75, 3.05) is 7.11 Å². The molecule has 0 aromatic rings. The highest BCUT2D eigenvalue weighted by atomic mass is 35.5. The summed E-state index contributed by atoms with van der Waals surface area (Å²) in [6.07, 6.45) is -4.87. The van der Waals surface area contributed by atoms with Crippen LogP contribution in [-0.4, -0.2) is 13.3 Å². The monoisotopic (exact) mass is 178 g/mol. The predicted molar refractivity (Wildman–Crippen MR) is 27.1 cm³/mol. The Bertz CT molecular complexity index is 150. The molecule has 6 heteroatoms. The number of methoxy groups -OCH3 is 1. The molecule has 60 valence electrons. The summed E-state index contributed by atoms with van der Waals surface area (Å²) in [6, 6.07) is -1.82. The summed E-state index contributed by atoms with van der Waals surface area (Å²) in [5.74, 6) is 0. The zero-order valence-electron chi connectivity index (χ0n) is 4.80. The molecular weight excluding hydrogens is 175 g/mol. The van der Waals surface area contributed by atoms with Gasteiger partial charge < -0.3 is 4.74 Å². The first-order valence-electron chi connectivity index (χ1n) is 2.06. The number of alkyl halides is 3. The van der Waals surface area contributed by atoms with Crippen LogP contribution in [-0.2, 0) is 4.74 Å². The second kappa shape index (κ2) is 3.09. The summed E-state index contributed by atoms with van der Waals surface area (Å²) in [5.41, 5.74) is 0. The van der Waals surface area contributed by atoms with Gasteiger partial charge in [-0.25, -0.2) is 0 Å². The zero-order chi connectivity index (χ0) is 8.36. The molecule has 0 unspecified atom stereocenters. The average molecular weight is 179 g/mol. The summed E-state index contributed by atoms with van der Waals surface area (Å²) >= 11 is 4.46. The van der Waals surface area contributed by atoms with Crippen molar-refractivity contribution in [3.05, 3.63) is 11.0 Å². The number of hydrogen-bond acceptors (Lipinski definition) is 1. The van der Waals surface area contributed by atoms with Gasteiger partial charge in [-0.3, -0.25) is 0 Å². The van der Waals surface area contributed by atoms with E-state index in [1.807, 2.05) is 0 Å². The molecule has 0 radical (unpaired) electrons. The zero-order valence-corrected chi connectivity index (χ0v) is 5.55. The summed E-state index contributed by atoms with van der Waals surface area (Å²) in [6.45, 7) is 0. The van der Waals surface area contributed by atoms with E-state index in [0.717, 1.165) is 7.11 Å². The van der Waals surface area contributed by atoms with E-state index in [1.165, 1.54) is 0 Å². The van der Waals surface area contributed by atoms with Crippen LogP contribution in [0.1, 0.15) is 0 Å². The molecule has 0 saturated heterocycles. The molecule has 1 nitrogen and oxygen atoms in total. The molecule has 0 amide bonds. The summed E-state index contributed by atoms with van der Waals surface area (Å²) in [7, 11) is 0.753. The first kappa shape index (κ1) is 9.55. The lowest BCUT2D eigenvalue weighted by atomic mass is 10.6. The van der Waals surface area contributed by atoms with Gasteiger partial charge in [-0.1, -0.05) is 11.6 Å². The summed E-state index contributed by atoms with van der Waals surface area (Å²) < 4.78 is 49.6. The molecule has 0 aliphatic rings. The lowest BCUT2D eigenvalue weighted by Gasteiger charge is -2.04. The van der Waals surface area contributed by atoms with Crippen LogP contribution in [0.4, 0.5) is 17.6 Å². The largest absolute Gasteiger partial charge is 0.473 e. The van der Waals surface area contributed by atoms with Crippen molar-refractivity contribution < 1.29 is 22.3 Å². The lowest BCUT2D eigenvalue weighted by Crippen LogP contribution is -2.09. The molecule has 0 N–H and O–H groups in total. The third kappa shape index (κ3) is 2.43. The molecule has 0 saturated carbocycles. The fourth-order valence-corrected chi connectivity index (χ4v) is 0.278. The topological polar surface area (TPSA) is 9.23 Å². The Balaban J connectivity index is 4.47. The molecular formula is C4H3ClF4O. The highest BCUT2D eigenvalue weighted by Gasteiger charge is 2.36. The van der Waals surface area contributed by atoms with Crippen LogP contribution in [0.25, 0.3) is 0 Å². The van der Waals surface area contributed by atoms with Crippen LogP contribution in [0.15, 0.2) is 11.0 Å². The number of ether oxygens (including phenoxy) is 1. The normalized spacial score (nSPS) is 14.6. The summed E-state index contributed by atoms with van der Waals surface area (Å²) in [4.78, 5) is 0. The summed E-state index contributed by atoms with van der Waals surface area (Å²) in [5, 5.41) is -1.88. The van der Waals surface area contributed by atoms with Gasteiger partial charge in [0.15, 0.2) is 5.03 Å². The second-order valence-electron chi connectivity index (χ2n) is 1.29. The maximum atomic E-state index is 11.8. The van der Waals surface area contributed by atoms with Crippen LogP contribution < -0.4 is 0 Å². The van der Waals surface area contributed by atoms with E-state index in [-0.39, 0.29) is 0 Å². The molecule has 0 aliphatic carbocycles. The SMILES string of the molecule is CO/C(F)=C(/Cl)C(F)(F)F. The highest BCUT2D eigenvalue weighted by Crippen LogP contribution is 2.31. The molecule has 0 rings (SSSR count). The minimum Gasteiger partial charge on any atom is -0.473 e. The number of rotatable bonds is 1. The second-order valence-corrected chi connectivity index (χ2v) is 1.67. The van der Waals surface area contributed by atoms with Gasteiger partial charge in [0.05, 0.1) is 7.11 Å². The Morgan fingerprint density at radius 3 is 1.90 bits per heavy atom. The van der Waals surface area contributed by atoms with E-state index >= 15 is 0 Å². The van der Waals surface area contributed by atoms with Gasteiger partial charge in [-0.05, 0) is 0 Å². The van der Waals surface area contributed by atoms with E-state index in [4.69, 9.17) is 0 Å². The van der Waals surface area contributed by atoms with Gasteiger partial charge in [-0.2, -0.15) is 17.6 Å². The predicted octanol–water partition coefficient (Wildman–Crippen LogP) is 2.57. The first-order valence-corrected chi connectivity index (χ1v) is 2.44. The van der Waals surface area contributed by atoms with Crippen molar-refractivity contribution in [2.24, 2.45) is 0 Å². The highest BCUT2D eigenvalue weighted by molar-refractivity contribution is 6.30. The molecule has 0 aromatic carbocycles. The Morgan fingerprint density at radius 1 is 1.40 bits per heavy atom. The van der Waals surface area contributed by atoms with Crippen LogP contribution in [0, 0.1) is 0 Å². The van der Waals surface area contributed by atoms with Crippen LogP contribution in [0.5, 0.6) is 0 Å². The van der Waals surface area contributed by atoms with E-state index in [2.05, 4.69) is 16.3 Å². The quantitative estimate of drug-likeness (QED) is 0.443. The van der Waals surface area contributed by atoms with E-state index in [1.54, 1.807) is 0 Å². The molecule has 10 heavy (non-hydrogen) atoms. The van der Waals surface area contributed by atoms with Gasteiger partial charge in [0.25, 0.3) is 6.01 Å². The number of allylic oxidation sites excluding steroid dienone is 1. The standard InChI is InChI=1S/C4H3ClF4O/c1-10-3(6)2(5)4(7,8)9/h1H3/b3-2+. The van der Waals surface area contributed by atoms with Crippen LogP contribution >= 0.6 is 11.6 Å².